The zero-order valence-corrected chi connectivity index (χ0v) is 15.8. The van der Waals surface area contributed by atoms with Gasteiger partial charge in [0.05, 0.1) is 13.2 Å². The largest absolute Gasteiger partial charge is 0.449 e. The average Bonchev–Trinajstić information content (AvgIpc) is 3.03. The summed E-state index contributed by atoms with van der Waals surface area (Å²) in [5.74, 6) is 2.17. The number of ether oxygens (including phenoxy) is 1. The Kier molecular flexibility index (Phi) is 3.60. The van der Waals surface area contributed by atoms with Crippen molar-refractivity contribution >= 4 is 17.0 Å². The van der Waals surface area contributed by atoms with Gasteiger partial charge in [0.25, 0.3) is 0 Å². The summed E-state index contributed by atoms with van der Waals surface area (Å²) in [5.41, 5.74) is 4.13. The highest BCUT2D eigenvalue weighted by atomic mass is 16.6. The van der Waals surface area contributed by atoms with Crippen LogP contribution in [0.25, 0.3) is 10.9 Å². The van der Waals surface area contributed by atoms with Gasteiger partial charge in [-0.1, -0.05) is 32.0 Å². The third kappa shape index (κ3) is 2.38. The first kappa shape index (κ1) is 16.2. The van der Waals surface area contributed by atoms with Crippen LogP contribution < -0.4 is 0 Å². The molecule has 1 aromatic heterocycles. The summed E-state index contributed by atoms with van der Waals surface area (Å²) in [5, 5.41) is 1.29. The molecule has 3 unspecified atom stereocenters. The van der Waals surface area contributed by atoms with Crippen molar-refractivity contribution in [3.8, 4) is 0 Å². The number of H-pyrrole nitrogens is 1. The summed E-state index contributed by atoms with van der Waals surface area (Å²) >= 11 is 0. The summed E-state index contributed by atoms with van der Waals surface area (Å²) in [6.45, 7) is 6.75. The average molecular weight is 352 g/mol. The number of fused-ring (bicyclic) bond motifs is 5. The first-order valence-electron chi connectivity index (χ1n) is 10.0. The zero-order valence-electron chi connectivity index (χ0n) is 15.8. The van der Waals surface area contributed by atoms with Crippen LogP contribution in [0.2, 0.25) is 0 Å². The van der Waals surface area contributed by atoms with E-state index in [2.05, 4.69) is 37.0 Å². The summed E-state index contributed by atoms with van der Waals surface area (Å²) in [4.78, 5) is 18.0. The second kappa shape index (κ2) is 5.77. The molecule has 138 valence electrons. The Hall–Kier alpha value is -1.97. The van der Waals surface area contributed by atoms with Crippen molar-refractivity contribution in [2.45, 2.75) is 46.1 Å². The van der Waals surface area contributed by atoms with Crippen molar-refractivity contribution in [2.75, 3.05) is 13.2 Å². The van der Waals surface area contributed by atoms with Crippen LogP contribution in [0.4, 0.5) is 4.79 Å². The smallest absolute Gasteiger partial charge is 0.410 e. The number of amides is 1. The van der Waals surface area contributed by atoms with Gasteiger partial charge in [-0.05, 0) is 60.5 Å². The molecular weight excluding hydrogens is 324 g/mol. The van der Waals surface area contributed by atoms with E-state index < -0.39 is 0 Å². The standard InChI is InChI=1S/C22H28N2O2/c1-22(2)15-8-7-14(18(22)11-15)13-26-21(25)24-10-9-17-16-5-3-4-6-19(16)23-20(17)12-24/h3-6,14-15,18,23H,7-13H2,1-2H3. The Morgan fingerprint density at radius 1 is 1.31 bits per heavy atom. The number of hydrogen-bond acceptors (Lipinski definition) is 2. The molecule has 3 aliphatic carbocycles. The molecule has 2 heterocycles. The number of rotatable bonds is 2. The minimum absolute atomic E-state index is 0.145. The van der Waals surface area contributed by atoms with E-state index in [1.165, 1.54) is 30.2 Å². The molecule has 1 aliphatic heterocycles. The molecule has 3 fully saturated rings. The van der Waals surface area contributed by atoms with Gasteiger partial charge in [-0.25, -0.2) is 4.79 Å². The molecule has 2 aromatic rings. The third-order valence-electron chi connectivity index (χ3n) is 7.56. The van der Waals surface area contributed by atoms with Crippen molar-refractivity contribution in [2.24, 2.45) is 23.2 Å². The van der Waals surface area contributed by atoms with Crippen molar-refractivity contribution < 1.29 is 9.53 Å². The van der Waals surface area contributed by atoms with Gasteiger partial charge >= 0.3 is 6.09 Å². The van der Waals surface area contributed by atoms with Crippen LogP contribution in [0.15, 0.2) is 24.3 Å². The van der Waals surface area contributed by atoms with Crippen molar-refractivity contribution in [3.05, 3.63) is 35.5 Å². The molecule has 1 N–H and O–H groups in total. The van der Waals surface area contributed by atoms with Crippen molar-refractivity contribution in [1.29, 1.82) is 0 Å². The van der Waals surface area contributed by atoms with E-state index in [1.807, 2.05) is 11.0 Å². The van der Waals surface area contributed by atoms with E-state index in [1.54, 1.807) is 0 Å². The van der Waals surface area contributed by atoms with Crippen LogP contribution in [0.3, 0.4) is 0 Å². The van der Waals surface area contributed by atoms with E-state index >= 15 is 0 Å². The number of carbonyl (C=O) groups is 1. The van der Waals surface area contributed by atoms with Gasteiger partial charge in [0.15, 0.2) is 0 Å². The minimum Gasteiger partial charge on any atom is -0.449 e. The molecular formula is C22H28N2O2. The second-order valence-electron chi connectivity index (χ2n) is 9.07. The third-order valence-corrected chi connectivity index (χ3v) is 7.56. The molecule has 0 spiro atoms. The number of para-hydroxylation sites is 1. The van der Waals surface area contributed by atoms with E-state index in [4.69, 9.17) is 4.74 Å². The van der Waals surface area contributed by atoms with Gasteiger partial charge in [0, 0.05) is 23.1 Å². The molecule has 3 atom stereocenters. The monoisotopic (exact) mass is 352 g/mol. The molecule has 1 aromatic carbocycles. The molecule has 1 amide bonds. The molecule has 0 radical (unpaired) electrons. The molecule has 26 heavy (non-hydrogen) atoms. The fourth-order valence-corrected chi connectivity index (χ4v) is 5.78. The van der Waals surface area contributed by atoms with Crippen molar-refractivity contribution in [3.63, 3.8) is 0 Å². The maximum Gasteiger partial charge on any atom is 0.410 e. The van der Waals surface area contributed by atoms with Gasteiger partial charge < -0.3 is 14.6 Å². The highest BCUT2D eigenvalue weighted by Gasteiger charge is 2.54. The van der Waals surface area contributed by atoms with E-state index in [-0.39, 0.29) is 6.09 Å². The summed E-state index contributed by atoms with van der Waals surface area (Å²) in [6, 6.07) is 8.39. The summed E-state index contributed by atoms with van der Waals surface area (Å²) in [7, 11) is 0. The first-order valence-corrected chi connectivity index (χ1v) is 10.0. The normalized spacial score (nSPS) is 29.2. The lowest BCUT2D eigenvalue weighted by molar-refractivity contribution is -0.118. The van der Waals surface area contributed by atoms with Gasteiger partial charge in [0.2, 0.25) is 0 Å². The highest BCUT2D eigenvalue weighted by Crippen LogP contribution is 2.61. The second-order valence-corrected chi connectivity index (χ2v) is 9.07. The molecule has 4 heteroatoms. The number of nitrogens with one attached hydrogen (secondary N) is 1. The van der Waals surface area contributed by atoms with Crippen LogP contribution in [0.1, 0.15) is 44.4 Å². The van der Waals surface area contributed by atoms with Crippen LogP contribution in [0, 0.1) is 23.2 Å². The van der Waals surface area contributed by atoms with Crippen LogP contribution >= 0.6 is 0 Å². The maximum absolute atomic E-state index is 12.6. The lowest BCUT2D eigenvalue weighted by Gasteiger charge is -2.60. The first-order chi connectivity index (χ1) is 12.5. The number of nitrogens with zero attached hydrogens (tertiary/aromatic N) is 1. The SMILES string of the molecule is CC1(C)C2CCC(COC(=O)N3CCc4c([nH]c5ccccc45)C3)C1C2. The Bertz CT molecular complexity index is 851. The molecule has 3 saturated carbocycles. The highest BCUT2D eigenvalue weighted by molar-refractivity contribution is 5.85. The Balaban J connectivity index is 1.23. The number of hydrogen-bond donors (Lipinski definition) is 1. The molecule has 6 rings (SSSR count). The number of aromatic amines is 1. The predicted octanol–water partition coefficient (Wildman–Crippen LogP) is 4.73. The topological polar surface area (TPSA) is 45.3 Å². The van der Waals surface area contributed by atoms with Gasteiger partial charge in [-0.2, -0.15) is 0 Å². The van der Waals surface area contributed by atoms with Crippen molar-refractivity contribution in [1.82, 2.24) is 9.88 Å². The van der Waals surface area contributed by atoms with Gasteiger partial charge in [0.1, 0.15) is 0 Å². The minimum atomic E-state index is -0.145. The quantitative estimate of drug-likeness (QED) is 0.849. The number of aromatic nitrogens is 1. The summed E-state index contributed by atoms with van der Waals surface area (Å²) in [6.07, 6.45) is 4.60. The Morgan fingerprint density at radius 3 is 2.96 bits per heavy atom. The Labute approximate surface area is 154 Å². The summed E-state index contributed by atoms with van der Waals surface area (Å²) < 4.78 is 5.77. The lowest BCUT2D eigenvalue weighted by Crippen LogP contribution is -2.53. The maximum atomic E-state index is 12.6. The van der Waals surface area contributed by atoms with Crippen LogP contribution in [0.5, 0.6) is 0 Å². The predicted molar refractivity (Wildman–Crippen MR) is 102 cm³/mol. The zero-order chi connectivity index (χ0) is 17.9. The van der Waals surface area contributed by atoms with Gasteiger partial charge in [-0.3, -0.25) is 0 Å². The number of benzene rings is 1. The fraction of sp³-hybridized carbons (Fsp3) is 0.591. The molecule has 2 bridgehead atoms. The Morgan fingerprint density at radius 2 is 2.15 bits per heavy atom. The lowest BCUT2D eigenvalue weighted by atomic mass is 9.46. The number of carbonyl (C=O) groups excluding carboxylic acids is 1. The van der Waals surface area contributed by atoms with E-state index in [9.17, 15) is 4.79 Å². The fourth-order valence-electron chi connectivity index (χ4n) is 5.78. The van der Waals surface area contributed by atoms with Crippen LogP contribution in [-0.4, -0.2) is 29.1 Å². The molecule has 4 nitrogen and oxygen atoms in total. The van der Waals surface area contributed by atoms with E-state index in [0.717, 1.165) is 36.0 Å². The van der Waals surface area contributed by atoms with Gasteiger partial charge in [-0.15, -0.1) is 0 Å². The molecule has 4 aliphatic rings. The molecule has 0 saturated heterocycles. The van der Waals surface area contributed by atoms with E-state index in [0.29, 0.717) is 24.5 Å². The van der Waals surface area contributed by atoms with Crippen LogP contribution in [-0.2, 0) is 17.7 Å².